The maximum Gasteiger partial charge on any atom is 0.271 e. The number of H-pyrrole nitrogens is 1. The summed E-state index contributed by atoms with van der Waals surface area (Å²) in [5.41, 5.74) is 1.13. The molecule has 6 heteroatoms. The summed E-state index contributed by atoms with van der Waals surface area (Å²) in [6.45, 7) is 6.59. The Labute approximate surface area is 141 Å². The molecule has 1 amide bonds. The lowest BCUT2D eigenvalue weighted by molar-refractivity contribution is 0.0928. The zero-order chi connectivity index (χ0) is 17.4. The third-order valence-electron chi connectivity index (χ3n) is 4.05. The molecular formula is C18H24N4O2. The maximum atomic E-state index is 12.2. The fraction of sp³-hybridized carbons (Fsp3) is 0.389. The van der Waals surface area contributed by atoms with E-state index < -0.39 is 0 Å². The summed E-state index contributed by atoms with van der Waals surface area (Å²) in [5, 5.41) is 8.96. The highest BCUT2D eigenvalue weighted by Crippen LogP contribution is 2.09. The lowest BCUT2D eigenvalue weighted by Gasteiger charge is -2.30. The molecule has 2 aromatic rings. The van der Waals surface area contributed by atoms with Gasteiger partial charge < -0.3 is 5.32 Å². The Kier molecular flexibility index (Phi) is 6.69. The van der Waals surface area contributed by atoms with Crippen LogP contribution in [0, 0.1) is 0 Å². The zero-order valence-electron chi connectivity index (χ0n) is 14.2. The van der Waals surface area contributed by atoms with Gasteiger partial charge in [-0.05, 0) is 31.1 Å². The van der Waals surface area contributed by atoms with E-state index >= 15 is 0 Å². The minimum Gasteiger partial charge on any atom is -0.349 e. The normalized spacial score (nSPS) is 12.1. The number of benzene rings is 1. The van der Waals surface area contributed by atoms with Gasteiger partial charge in [0.25, 0.3) is 11.5 Å². The lowest BCUT2D eigenvalue weighted by Crippen LogP contribution is -2.45. The first-order chi connectivity index (χ1) is 11.6. The summed E-state index contributed by atoms with van der Waals surface area (Å²) in [6, 6.07) is 13.2. The van der Waals surface area contributed by atoms with E-state index in [1.165, 1.54) is 17.7 Å². The summed E-state index contributed by atoms with van der Waals surface area (Å²) < 4.78 is 0. The van der Waals surface area contributed by atoms with Crippen molar-refractivity contribution in [2.24, 2.45) is 0 Å². The monoisotopic (exact) mass is 328 g/mol. The number of aromatic amines is 1. The van der Waals surface area contributed by atoms with Crippen molar-refractivity contribution >= 4 is 5.91 Å². The lowest BCUT2D eigenvalue weighted by atomic mass is 10.0. The predicted octanol–water partition coefficient (Wildman–Crippen LogP) is 1.45. The van der Waals surface area contributed by atoms with Crippen LogP contribution in [0.5, 0.6) is 0 Å². The topological polar surface area (TPSA) is 78.1 Å². The Bertz CT molecular complexity index is 675. The van der Waals surface area contributed by atoms with Gasteiger partial charge in [0.2, 0.25) is 0 Å². The number of nitrogens with zero attached hydrogens (tertiary/aromatic N) is 2. The molecule has 0 fully saturated rings. The number of likely N-dealkylation sites (N-methyl/N-ethyl adjacent to an activating group) is 1. The molecule has 0 aliphatic carbocycles. The number of aromatic nitrogens is 2. The van der Waals surface area contributed by atoms with Crippen LogP contribution in [-0.4, -0.2) is 46.7 Å². The van der Waals surface area contributed by atoms with Crippen molar-refractivity contribution in [3.63, 3.8) is 0 Å². The number of carbonyl (C=O) groups excluding carboxylic acids is 1. The van der Waals surface area contributed by atoms with Gasteiger partial charge in [0.1, 0.15) is 5.69 Å². The number of carbonyl (C=O) groups is 1. The summed E-state index contributed by atoms with van der Waals surface area (Å²) in [4.78, 5) is 25.5. The van der Waals surface area contributed by atoms with Crippen LogP contribution in [0.2, 0.25) is 0 Å². The fourth-order valence-corrected chi connectivity index (χ4v) is 2.73. The van der Waals surface area contributed by atoms with Gasteiger partial charge in [-0.25, -0.2) is 5.10 Å². The largest absolute Gasteiger partial charge is 0.349 e. The summed E-state index contributed by atoms with van der Waals surface area (Å²) in [7, 11) is 0. The first kappa shape index (κ1) is 17.9. The van der Waals surface area contributed by atoms with Gasteiger partial charge in [0.15, 0.2) is 0 Å². The highest BCUT2D eigenvalue weighted by molar-refractivity contribution is 5.91. The Hall–Kier alpha value is -2.47. The van der Waals surface area contributed by atoms with Crippen LogP contribution in [-0.2, 0) is 6.42 Å². The second-order valence-electron chi connectivity index (χ2n) is 5.58. The molecule has 0 bridgehead atoms. The van der Waals surface area contributed by atoms with Crippen molar-refractivity contribution in [2.75, 3.05) is 19.6 Å². The van der Waals surface area contributed by atoms with E-state index in [-0.39, 0.29) is 23.2 Å². The molecule has 1 heterocycles. The molecule has 1 aromatic carbocycles. The Morgan fingerprint density at radius 1 is 1.17 bits per heavy atom. The maximum absolute atomic E-state index is 12.2. The van der Waals surface area contributed by atoms with Crippen LogP contribution in [0.3, 0.4) is 0 Å². The molecule has 128 valence electrons. The Balaban J connectivity index is 2.03. The van der Waals surface area contributed by atoms with Gasteiger partial charge in [-0.15, -0.1) is 0 Å². The molecule has 0 saturated heterocycles. The molecule has 0 aliphatic heterocycles. The molecule has 6 nitrogen and oxygen atoms in total. The third kappa shape index (κ3) is 5.03. The van der Waals surface area contributed by atoms with Gasteiger partial charge in [0, 0.05) is 18.7 Å². The molecule has 0 saturated carbocycles. The Morgan fingerprint density at radius 3 is 2.46 bits per heavy atom. The van der Waals surface area contributed by atoms with Crippen molar-refractivity contribution in [2.45, 2.75) is 26.3 Å². The average molecular weight is 328 g/mol. The quantitative estimate of drug-likeness (QED) is 0.769. The predicted molar refractivity (Wildman–Crippen MR) is 94.0 cm³/mol. The second-order valence-corrected chi connectivity index (χ2v) is 5.58. The Morgan fingerprint density at radius 2 is 1.88 bits per heavy atom. The number of nitrogens with one attached hydrogen (secondary N) is 2. The molecule has 2 N–H and O–H groups in total. The van der Waals surface area contributed by atoms with Gasteiger partial charge in [-0.2, -0.15) is 5.10 Å². The van der Waals surface area contributed by atoms with E-state index in [1.807, 2.05) is 18.2 Å². The van der Waals surface area contributed by atoms with Crippen LogP contribution >= 0.6 is 0 Å². The zero-order valence-corrected chi connectivity index (χ0v) is 14.2. The first-order valence-corrected chi connectivity index (χ1v) is 8.26. The van der Waals surface area contributed by atoms with E-state index in [1.54, 1.807) is 0 Å². The number of rotatable bonds is 8. The smallest absolute Gasteiger partial charge is 0.271 e. The minimum absolute atomic E-state index is 0.203. The van der Waals surface area contributed by atoms with Crippen molar-refractivity contribution in [3.8, 4) is 0 Å². The minimum atomic E-state index is -0.323. The molecule has 0 spiro atoms. The SMILES string of the molecule is CCN(CC)C(CNC(=O)c1ccc(=O)[nH]n1)Cc1ccccc1. The summed E-state index contributed by atoms with van der Waals surface area (Å²) >= 11 is 0. The van der Waals surface area contributed by atoms with Crippen LogP contribution in [0.1, 0.15) is 29.9 Å². The van der Waals surface area contributed by atoms with E-state index in [4.69, 9.17) is 0 Å². The van der Waals surface area contributed by atoms with Crippen LogP contribution in [0.4, 0.5) is 0 Å². The molecule has 2 rings (SSSR count). The van der Waals surface area contributed by atoms with E-state index in [2.05, 4.69) is 46.4 Å². The van der Waals surface area contributed by atoms with Crippen LogP contribution in [0.25, 0.3) is 0 Å². The molecule has 1 atom stereocenters. The van der Waals surface area contributed by atoms with Crippen LogP contribution in [0.15, 0.2) is 47.3 Å². The van der Waals surface area contributed by atoms with Crippen molar-refractivity contribution < 1.29 is 4.79 Å². The van der Waals surface area contributed by atoms with E-state index in [9.17, 15) is 9.59 Å². The highest BCUT2D eigenvalue weighted by Gasteiger charge is 2.18. The highest BCUT2D eigenvalue weighted by atomic mass is 16.2. The third-order valence-corrected chi connectivity index (χ3v) is 4.05. The summed E-state index contributed by atoms with van der Waals surface area (Å²) in [6.07, 6.45) is 0.863. The van der Waals surface area contributed by atoms with Crippen molar-refractivity contribution in [1.29, 1.82) is 0 Å². The number of amides is 1. The molecule has 0 radical (unpaired) electrons. The number of hydrogen-bond acceptors (Lipinski definition) is 4. The molecule has 24 heavy (non-hydrogen) atoms. The summed E-state index contributed by atoms with van der Waals surface area (Å²) in [5.74, 6) is -0.281. The van der Waals surface area contributed by atoms with Gasteiger partial charge in [-0.1, -0.05) is 44.2 Å². The van der Waals surface area contributed by atoms with Crippen molar-refractivity contribution in [3.05, 3.63) is 64.1 Å². The molecule has 1 aromatic heterocycles. The number of hydrogen-bond donors (Lipinski definition) is 2. The van der Waals surface area contributed by atoms with Gasteiger partial charge in [-0.3, -0.25) is 14.5 Å². The molecule has 0 aliphatic rings. The first-order valence-electron chi connectivity index (χ1n) is 8.26. The average Bonchev–Trinajstić information content (AvgIpc) is 2.61. The fourth-order valence-electron chi connectivity index (χ4n) is 2.73. The van der Waals surface area contributed by atoms with Gasteiger partial charge >= 0.3 is 0 Å². The second kappa shape index (κ2) is 8.98. The molecular weight excluding hydrogens is 304 g/mol. The molecule has 1 unspecified atom stereocenters. The standard InChI is InChI=1S/C18H24N4O2/c1-3-22(4-2)15(12-14-8-6-5-7-9-14)13-19-18(24)16-10-11-17(23)21-20-16/h5-11,15H,3-4,12-13H2,1-2H3,(H,19,24)(H,21,23). The van der Waals surface area contributed by atoms with Crippen LogP contribution < -0.4 is 10.9 Å². The van der Waals surface area contributed by atoms with Crippen molar-refractivity contribution in [1.82, 2.24) is 20.4 Å². The van der Waals surface area contributed by atoms with E-state index in [0.717, 1.165) is 19.5 Å². The van der Waals surface area contributed by atoms with E-state index in [0.29, 0.717) is 6.54 Å². The van der Waals surface area contributed by atoms with Gasteiger partial charge in [0.05, 0.1) is 0 Å².